The number of nitrogens with two attached hydrogens (primary N) is 1. The molecular weight excluding hydrogens is 260 g/mol. The number of rotatable bonds is 4. The maximum absolute atomic E-state index is 5.60. The number of benzene rings is 1. The van der Waals surface area contributed by atoms with Gasteiger partial charge in [0.15, 0.2) is 16.6 Å². The van der Waals surface area contributed by atoms with Gasteiger partial charge in [-0.3, -0.25) is 0 Å². The first kappa shape index (κ1) is 13.4. The Balaban J connectivity index is 2.32. The van der Waals surface area contributed by atoms with Crippen LogP contribution in [0.3, 0.4) is 0 Å². The van der Waals surface area contributed by atoms with Crippen LogP contribution in [0.15, 0.2) is 17.5 Å². The summed E-state index contributed by atoms with van der Waals surface area (Å²) in [4.78, 5) is 4.19. The highest BCUT2D eigenvalue weighted by Crippen LogP contribution is 2.31. The third-order valence-corrected chi connectivity index (χ3v) is 3.44. The van der Waals surface area contributed by atoms with Gasteiger partial charge in [0.2, 0.25) is 0 Å². The zero-order valence-corrected chi connectivity index (χ0v) is 12.0. The van der Waals surface area contributed by atoms with Crippen LogP contribution in [-0.4, -0.2) is 19.2 Å². The van der Waals surface area contributed by atoms with Gasteiger partial charge >= 0.3 is 0 Å². The minimum absolute atomic E-state index is 0.573. The van der Waals surface area contributed by atoms with E-state index in [-0.39, 0.29) is 0 Å². The van der Waals surface area contributed by atoms with Crippen molar-refractivity contribution >= 4 is 28.6 Å². The van der Waals surface area contributed by atoms with E-state index in [4.69, 9.17) is 15.2 Å². The van der Waals surface area contributed by atoms with Gasteiger partial charge in [-0.15, -0.1) is 11.3 Å². The van der Waals surface area contributed by atoms with Crippen molar-refractivity contribution in [1.82, 2.24) is 4.98 Å². The molecule has 1 heterocycles. The molecular formula is C14H16N2O2S. The van der Waals surface area contributed by atoms with Crippen molar-refractivity contribution in [2.75, 3.05) is 20.0 Å². The van der Waals surface area contributed by atoms with Gasteiger partial charge in [0, 0.05) is 5.38 Å². The van der Waals surface area contributed by atoms with Gasteiger partial charge in [0.1, 0.15) is 0 Å². The summed E-state index contributed by atoms with van der Waals surface area (Å²) in [5.41, 5.74) is 8.62. The number of anilines is 1. The molecule has 1 aromatic carbocycles. The van der Waals surface area contributed by atoms with Crippen LogP contribution in [0.4, 0.5) is 5.13 Å². The molecule has 0 fully saturated rings. The number of hydrogen-bond acceptors (Lipinski definition) is 5. The molecule has 2 N–H and O–H groups in total. The topological polar surface area (TPSA) is 57.4 Å². The maximum Gasteiger partial charge on any atom is 0.180 e. The maximum atomic E-state index is 5.60. The number of nitrogen functional groups attached to an aromatic ring is 1. The first-order valence-electron chi connectivity index (χ1n) is 5.75. The van der Waals surface area contributed by atoms with Gasteiger partial charge in [-0.25, -0.2) is 4.98 Å². The first-order valence-corrected chi connectivity index (χ1v) is 6.63. The molecule has 2 aromatic rings. The molecule has 0 radical (unpaired) electrons. The largest absolute Gasteiger partial charge is 0.493 e. The Kier molecular flexibility index (Phi) is 4.06. The molecule has 5 heteroatoms. The zero-order valence-electron chi connectivity index (χ0n) is 11.1. The molecule has 1 aromatic heterocycles. The van der Waals surface area contributed by atoms with Crippen molar-refractivity contribution in [2.45, 2.75) is 6.92 Å². The van der Waals surface area contributed by atoms with E-state index in [1.54, 1.807) is 14.2 Å². The number of hydrogen-bond donors (Lipinski definition) is 1. The Morgan fingerprint density at radius 3 is 2.42 bits per heavy atom. The van der Waals surface area contributed by atoms with Crippen molar-refractivity contribution in [3.8, 4) is 11.5 Å². The summed E-state index contributed by atoms with van der Waals surface area (Å²) in [6.45, 7) is 2.02. The number of nitrogens with zero attached hydrogens (tertiary/aromatic N) is 1. The summed E-state index contributed by atoms with van der Waals surface area (Å²) in [7, 11) is 3.26. The number of aryl methyl sites for hydroxylation is 1. The van der Waals surface area contributed by atoms with E-state index in [1.807, 2.05) is 36.6 Å². The predicted molar refractivity (Wildman–Crippen MR) is 79.7 cm³/mol. The minimum atomic E-state index is 0.573. The van der Waals surface area contributed by atoms with Gasteiger partial charge < -0.3 is 15.2 Å². The lowest BCUT2D eigenvalue weighted by Crippen LogP contribution is -1.93. The van der Waals surface area contributed by atoms with Gasteiger partial charge in [0.25, 0.3) is 0 Å². The van der Waals surface area contributed by atoms with Crippen LogP contribution in [-0.2, 0) is 0 Å². The second kappa shape index (κ2) is 5.75. The van der Waals surface area contributed by atoms with Gasteiger partial charge in [-0.2, -0.15) is 0 Å². The van der Waals surface area contributed by atoms with Gasteiger partial charge in [-0.1, -0.05) is 6.08 Å². The smallest absolute Gasteiger partial charge is 0.180 e. The SMILES string of the molecule is COc1cc(C)c(C=Cc2csc(N)n2)cc1OC. The second-order valence-electron chi connectivity index (χ2n) is 4.01. The molecule has 4 nitrogen and oxygen atoms in total. The summed E-state index contributed by atoms with van der Waals surface area (Å²) < 4.78 is 10.6. The quantitative estimate of drug-likeness (QED) is 0.931. The van der Waals surface area contributed by atoms with Crippen molar-refractivity contribution < 1.29 is 9.47 Å². The molecule has 0 aliphatic carbocycles. The third kappa shape index (κ3) is 3.06. The van der Waals surface area contributed by atoms with Crippen molar-refractivity contribution in [3.63, 3.8) is 0 Å². The fraction of sp³-hybridized carbons (Fsp3) is 0.214. The van der Waals surface area contributed by atoms with Gasteiger partial charge in [-0.05, 0) is 36.3 Å². The normalized spacial score (nSPS) is 10.9. The van der Waals surface area contributed by atoms with Crippen molar-refractivity contribution in [1.29, 1.82) is 0 Å². The van der Waals surface area contributed by atoms with Crippen LogP contribution >= 0.6 is 11.3 Å². The summed E-state index contributed by atoms with van der Waals surface area (Å²) in [5.74, 6) is 1.44. The Hall–Kier alpha value is -2.01. The summed E-state index contributed by atoms with van der Waals surface area (Å²) in [6, 6.07) is 3.90. The molecule has 0 saturated heterocycles. The Labute approximate surface area is 116 Å². The van der Waals surface area contributed by atoms with Crippen molar-refractivity contribution in [2.24, 2.45) is 0 Å². The van der Waals surface area contributed by atoms with Crippen LogP contribution in [0.5, 0.6) is 11.5 Å². The molecule has 0 bridgehead atoms. The fourth-order valence-electron chi connectivity index (χ4n) is 1.73. The van der Waals surface area contributed by atoms with Crippen LogP contribution in [0, 0.1) is 6.92 Å². The molecule has 0 aliphatic rings. The van der Waals surface area contributed by atoms with Crippen LogP contribution < -0.4 is 15.2 Å². The van der Waals surface area contributed by atoms with E-state index in [2.05, 4.69) is 4.98 Å². The molecule has 100 valence electrons. The van der Waals surface area contributed by atoms with Crippen LogP contribution in [0.1, 0.15) is 16.8 Å². The molecule has 0 saturated carbocycles. The monoisotopic (exact) mass is 276 g/mol. The Morgan fingerprint density at radius 1 is 1.16 bits per heavy atom. The zero-order chi connectivity index (χ0) is 13.8. The predicted octanol–water partition coefficient (Wildman–Crippen LogP) is 3.22. The molecule has 19 heavy (non-hydrogen) atoms. The summed E-state index contributed by atoms with van der Waals surface area (Å²) in [5, 5.41) is 2.49. The highest BCUT2D eigenvalue weighted by atomic mass is 32.1. The number of thiazole rings is 1. The second-order valence-corrected chi connectivity index (χ2v) is 4.90. The number of aromatic nitrogens is 1. The van der Waals surface area contributed by atoms with E-state index in [9.17, 15) is 0 Å². The van der Waals surface area contributed by atoms with Gasteiger partial charge in [0.05, 0.1) is 19.9 Å². The molecule has 0 spiro atoms. The molecule has 0 amide bonds. The molecule has 2 rings (SSSR count). The van der Waals surface area contributed by atoms with Crippen LogP contribution in [0.2, 0.25) is 0 Å². The highest BCUT2D eigenvalue weighted by molar-refractivity contribution is 7.13. The third-order valence-electron chi connectivity index (χ3n) is 2.75. The fourth-order valence-corrected chi connectivity index (χ4v) is 2.26. The Morgan fingerprint density at radius 2 is 1.84 bits per heavy atom. The molecule has 0 aliphatic heterocycles. The molecule has 0 unspecified atom stereocenters. The highest BCUT2D eigenvalue weighted by Gasteiger charge is 2.06. The van der Waals surface area contributed by atoms with E-state index >= 15 is 0 Å². The standard InChI is InChI=1S/C14H16N2O2S/c1-9-6-12(17-2)13(18-3)7-10(9)4-5-11-8-19-14(15)16-11/h4-8H,1-3H3,(H2,15,16). The van der Waals surface area contributed by atoms with E-state index < -0.39 is 0 Å². The van der Waals surface area contributed by atoms with E-state index in [0.29, 0.717) is 10.9 Å². The minimum Gasteiger partial charge on any atom is -0.493 e. The lowest BCUT2D eigenvalue weighted by molar-refractivity contribution is 0.354. The number of methoxy groups -OCH3 is 2. The average molecular weight is 276 g/mol. The lowest BCUT2D eigenvalue weighted by Gasteiger charge is -2.10. The van der Waals surface area contributed by atoms with E-state index in [0.717, 1.165) is 22.6 Å². The molecule has 0 atom stereocenters. The lowest BCUT2D eigenvalue weighted by atomic mass is 10.1. The first-order chi connectivity index (χ1) is 9.13. The van der Waals surface area contributed by atoms with Crippen molar-refractivity contribution in [3.05, 3.63) is 34.3 Å². The summed E-state index contributed by atoms with van der Waals surface area (Å²) >= 11 is 1.43. The Bertz CT molecular complexity index is 605. The van der Waals surface area contributed by atoms with Crippen LogP contribution in [0.25, 0.3) is 12.2 Å². The number of ether oxygens (including phenoxy) is 2. The van der Waals surface area contributed by atoms with E-state index in [1.165, 1.54) is 11.3 Å². The average Bonchev–Trinajstić information content (AvgIpc) is 2.82. The summed E-state index contributed by atoms with van der Waals surface area (Å²) in [6.07, 6.45) is 3.92.